The van der Waals surface area contributed by atoms with E-state index in [0.717, 1.165) is 0 Å². The van der Waals surface area contributed by atoms with Gasteiger partial charge in [-0.3, -0.25) is 0 Å². The minimum atomic E-state index is 1.22. The number of hydrogen-bond donors (Lipinski definition) is 0. The maximum Gasteiger partial charge on any atom is 0.0440 e. The molecule has 0 N–H and O–H groups in total. The summed E-state index contributed by atoms with van der Waals surface area (Å²) in [5, 5.41) is 0. The zero-order valence-electron chi connectivity index (χ0n) is 8.49. The molecule has 0 aromatic heterocycles. The second-order valence-corrected chi connectivity index (χ2v) is 3.51. The van der Waals surface area contributed by atoms with Gasteiger partial charge in [0.05, 0.1) is 0 Å². The van der Waals surface area contributed by atoms with E-state index < -0.39 is 0 Å². The number of benzene rings is 1. The van der Waals surface area contributed by atoms with Gasteiger partial charge in [-0.05, 0) is 23.8 Å². The maximum absolute atomic E-state index is 3.11. The predicted octanol–water partition coefficient (Wildman–Crippen LogP) is 2.95. The predicted molar refractivity (Wildman–Crippen MR) is 62.4 cm³/mol. The van der Waals surface area contributed by atoms with E-state index >= 15 is 0 Å². The van der Waals surface area contributed by atoms with Crippen molar-refractivity contribution in [3.05, 3.63) is 47.2 Å². The Bertz CT molecular complexity index is 433. The van der Waals surface area contributed by atoms with Gasteiger partial charge in [-0.1, -0.05) is 24.3 Å². The Morgan fingerprint density at radius 2 is 2.07 bits per heavy atom. The van der Waals surface area contributed by atoms with Crippen LogP contribution in [0, 0.1) is 0 Å². The zero-order chi connectivity index (χ0) is 9.97. The van der Waals surface area contributed by atoms with Crippen LogP contribution >= 0.6 is 0 Å². The van der Waals surface area contributed by atoms with Crippen molar-refractivity contribution in [1.29, 1.82) is 0 Å². The SMILES string of the molecule is CN(C)c1cccc2c1C=CC=C=C2. The maximum atomic E-state index is 3.11. The van der Waals surface area contributed by atoms with Crippen molar-refractivity contribution in [2.24, 2.45) is 0 Å². The molecule has 0 heterocycles. The molecule has 0 radical (unpaired) electrons. The summed E-state index contributed by atoms with van der Waals surface area (Å²) in [6.45, 7) is 0. The average Bonchev–Trinajstić information content (AvgIpc) is 2.41. The largest absolute Gasteiger partial charge is 0.377 e. The molecule has 1 aliphatic rings. The van der Waals surface area contributed by atoms with E-state index in [4.69, 9.17) is 0 Å². The summed E-state index contributed by atoms with van der Waals surface area (Å²) in [4.78, 5) is 2.13. The molecule has 0 aliphatic heterocycles. The molecule has 0 bridgehead atoms. The van der Waals surface area contributed by atoms with Crippen molar-refractivity contribution in [3.8, 4) is 0 Å². The van der Waals surface area contributed by atoms with Crippen LogP contribution in [-0.2, 0) is 0 Å². The lowest BCUT2D eigenvalue weighted by Crippen LogP contribution is -2.10. The summed E-state index contributed by atoms with van der Waals surface area (Å²) in [6.07, 6.45) is 8.10. The van der Waals surface area contributed by atoms with Gasteiger partial charge in [-0.2, -0.15) is 0 Å². The van der Waals surface area contributed by atoms with Crippen LogP contribution in [0.15, 0.2) is 36.1 Å². The second-order valence-electron chi connectivity index (χ2n) is 3.51. The highest BCUT2D eigenvalue weighted by Gasteiger charge is 2.05. The fourth-order valence-electron chi connectivity index (χ4n) is 1.61. The fourth-order valence-corrected chi connectivity index (χ4v) is 1.61. The molecule has 1 aliphatic carbocycles. The quantitative estimate of drug-likeness (QED) is 0.605. The zero-order valence-corrected chi connectivity index (χ0v) is 8.49. The van der Waals surface area contributed by atoms with Crippen LogP contribution in [0.3, 0.4) is 0 Å². The first-order valence-corrected chi connectivity index (χ1v) is 4.68. The van der Waals surface area contributed by atoms with E-state index in [2.05, 4.69) is 49.0 Å². The minimum absolute atomic E-state index is 1.22. The number of anilines is 1. The molecule has 0 atom stereocenters. The molecule has 1 nitrogen and oxygen atoms in total. The Labute approximate surface area is 84.7 Å². The van der Waals surface area contributed by atoms with E-state index in [9.17, 15) is 0 Å². The first-order valence-electron chi connectivity index (χ1n) is 4.68. The summed E-state index contributed by atoms with van der Waals surface area (Å²) in [6, 6.07) is 6.31. The Hall–Kier alpha value is -1.72. The lowest BCUT2D eigenvalue weighted by molar-refractivity contribution is 1.13. The molecule has 0 spiro atoms. The van der Waals surface area contributed by atoms with Crippen LogP contribution < -0.4 is 4.90 Å². The van der Waals surface area contributed by atoms with Gasteiger partial charge in [-0.25, -0.2) is 0 Å². The van der Waals surface area contributed by atoms with Gasteiger partial charge in [0.2, 0.25) is 0 Å². The van der Waals surface area contributed by atoms with Gasteiger partial charge in [0.15, 0.2) is 0 Å². The third kappa shape index (κ3) is 1.50. The average molecular weight is 183 g/mol. The monoisotopic (exact) mass is 183 g/mol. The molecular weight excluding hydrogens is 170 g/mol. The van der Waals surface area contributed by atoms with Crippen LogP contribution in [-0.4, -0.2) is 14.1 Å². The van der Waals surface area contributed by atoms with E-state index in [0.29, 0.717) is 0 Å². The Morgan fingerprint density at radius 1 is 1.21 bits per heavy atom. The standard InChI is InChI=1S/C13H13N/c1-14(2)13-10-6-8-11-7-4-3-5-9-12(11)13/h3,5-10H,1-2H3. The van der Waals surface area contributed by atoms with Gasteiger partial charge < -0.3 is 4.90 Å². The third-order valence-electron chi connectivity index (χ3n) is 2.29. The normalized spacial score (nSPS) is 12.4. The highest BCUT2D eigenvalue weighted by Crippen LogP contribution is 2.25. The summed E-state index contributed by atoms with van der Waals surface area (Å²) >= 11 is 0. The highest BCUT2D eigenvalue weighted by molar-refractivity contribution is 5.77. The number of hydrogen-bond acceptors (Lipinski definition) is 1. The number of nitrogens with zero attached hydrogens (tertiary/aromatic N) is 1. The third-order valence-corrected chi connectivity index (χ3v) is 2.29. The Morgan fingerprint density at radius 3 is 2.86 bits per heavy atom. The molecule has 0 fully saturated rings. The van der Waals surface area contributed by atoms with E-state index in [1.165, 1.54) is 16.8 Å². The van der Waals surface area contributed by atoms with Crippen LogP contribution in [0.2, 0.25) is 0 Å². The second kappa shape index (κ2) is 3.57. The van der Waals surface area contributed by atoms with Gasteiger partial charge in [0.1, 0.15) is 0 Å². The molecule has 0 saturated heterocycles. The number of allylic oxidation sites excluding steroid dienone is 2. The molecule has 1 heteroatoms. The van der Waals surface area contributed by atoms with Crippen molar-refractivity contribution in [1.82, 2.24) is 0 Å². The molecule has 14 heavy (non-hydrogen) atoms. The van der Waals surface area contributed by atoms with Crippen LogP contribution in [0.4, 0.5) is 5.69 Å². The molecule has 2 rings (SSSR count). The summed E-state index contributed by atoms with van der Waals surface area (Å²) in [5.41, 5.74) is 6.84. The van der Waals surface area contributed by atoms with Gasteiger partial charge >= 0.3 is 0 Å². The summed E-state index contributed by atoms with van der Waals surface area (Å²) < 4.78 is 0. The van der Waals surface area contributed by atoms with Crippen molar-refractivity contribution >= 4 is 17.8 Å². The molecule has 0 amide bonds. The highest BCUT2D eigenvalue weighted by atomic mass is 15.1. The molecule has 70 valence electrons. The van der Waals surface area contributed by atoms with E-state index in [1.54, 1.807) is 0 Å². The van der Waals surface area contributed by atoms with Crippen molar-refractivity contribution in [2.45, 2.75) is 0 Å². The van der Waals surface area contributed by atoms with Crippen molar-refractivity contribution in [2.75, 3.05) is 19.0 Å². The van der Waals surface area contributed by atoms with Gasteiger partial charge in [-0.15, -0.1) is 5.73 Å². The molecule has 0 saturated carbocycles. The Kier molecular flexibility index (Phi) is 2.26. The van der Waals surface area contributed by atoms with Gasteiger partial charge in [0.25, 0.3) is 0 Å². The number of fused-ring (bicyclic) bond motifs is 1. The van der Waals surface area contributed by atoms with E-state index in [-0.39, 0.29) is 0 Å². The first-order chi connectivity index (χ1) is 6.79. The molecular formula is C13H13N. The molecule has 0 unspecified atom stereocenters. The minimum Gasteiger partial charge on any atom is -0.377 e. The van der Waals surface area contributed by atoms with Crippen LogP contribution in [0.1, 0.15) is 11.1 Å². The lowest BCUT2D eigenvalue weighted by atomic mass is 10.0. The molecule has 1 aromatic carbocycles. The Balaban J connectivity index is 2.64. The first kappa shape index (κ1) is 8.86. The molecule has 1 aromatic rings. The van der Waals surface area contributed by atoms with E-state index in [1.807, 2.05) is 18.2 Å². The topological polar surface area (TPSA) is 3.24 Å². The van der Waals surface area contributed by atoms with Crippen LogP contribution in [0.25, 0.3) is 12.2 Å². The van der Waals surface area contributed by atoms with Crippen molar-refractivity contribution in [3.63, 3.8) is 0 Å². The smallest absolute Gasteiger partial charge is 0.0440 e. The lowest BCUT2D eigenvalue weighted by Gasteiger charge is -2.16. The van der Waals surface area contributed by atoms with Crippen LogP contribution in [0.5, 0.6) is 0 Å². The summed E-state index contributed by atoms with van der Waals surface area (Å²) in [7, 11) is 4.12. The number of rotatable bonds is 1. The fraction of sp³-hybridized carbons (Fsp3) is 0.154. The van der Waals surface area contributed by atoms with Crippen molar-refractivity contribution < 1.29 is 0 Å². The van der Waals surface area contributed by atoms with Gasteiger partial charge in [0, 0.05) is 25.3 Å². The summed E-state index contributed by atoms with van der Waals surface area (Å²) in [5.74, 6) is 0.